The zero-order valence-electron chi connectivity index (χ0n) is 23.2. The number of nitrogens with zero attached hydrogens (tertiary/aromatic N) is 2. The van der Waals surface area contributed by atoms with Gasteiger partial charge >= 0.3 is 0 Å². The molecule has 1 aliphatic heterocycles. The molecule has 2 fully saturated rings. The summed E-state index contributed by atoms with van der Waals surface area (Å²) >= 11 is 1.44. The fourth-order valence-electron chi connectivity index (χ4n) is 5.52. The predicted molar refractivity (Wildman–Crippen MR) is 158 cm³/mol. The van der Waals surface area contributed by atoms with Crippen LogP contribution in [0.5, 0.6) is 0 Å². The Labute approximate surface area is 251 Å². The molecule has 0 atom stereocenters. The Balaban J connectivity index is 1.39. The van der Waals surface area contributed by atoms with Crippen molar-refractivity contribution in [3.63, 3.8) is 0 Å². The van der Waals surface area contributed by atoms with Crippen molar-refractivity contribution in [3.05, 3.63) is 77.2 Å². The number of pyridine rings is 1. The van der Waals surface area contributed by atoms with Crippen molar-refractivity contribution in [2.75, 3.05) is 23.1 Å². The first-order valence-electron chi connectivity index (χ1n) is 13.9. The van der Waals surface area contributed by atoms with E-state index >= 15 is 4.39 Å². The molecule has 2 aromatic carbocycles. The molecular weight excluding hydrogens is 599 g/mol. The number of hydrogen-bond acceptors (Lipinski definition) is 6. The molecule has 224 valence electrons. The number of carbonyl (C=O) groups excluding carboxylic acids is 1. The van der Waals surface area contributed by atoms with Gasteiger partial charge in [0, 0.05) is 50.3 Å². The number of amides is 1. The molecule has 0 unspecified atom stereocenters. The van der Waals surface area contributed by atoms with E-state index in [1.54, 1.807) is 17.0 Å². The highest BCUT2D eigenvalue weighted by Gasteiger charge is 2.37. The van der Waals surface area contributed by atoms with Crippen LogP contribution in [0.4, 0.5) is 24.7 Å². The van der Waals surface area contributed by atoms with Gasteiger partial charge in [-0.05, 0) is 48.0 Å². The Morgan fingerprint density at radius 1 is 1.02 bits per heavy atom. The molecule has 2 aliphatic rings. The number of rotatable bonds is 8. The molecule has 0 spiro atoms. The molecule has 2 aromatic heterocycles. The molecule has 1 saturated carbocycles. The Morgan fingerprint density at radius 3 is 2.51 bits per heavy atom. The summed E-state index contributed by atoms with van der Waals surface area (Å²) in [4.78, 5) is 22.1. The second-order valence-corrected chi connectivity index (χ2v) is 13.6. The lowest BCUT2D eigenvalue weighted by atomic mass is 9.97. The molecule has 8 nitrogen and oxygen atoms in total. The molecule has 4 aromatic rings. The van der Waals surface area contributed by atoms with Gasteiger partial charge in [-0.2, -0.15) is 0 Å². The van der Waals surface area contributed by atoms with E-state index in [1.807, 2.05) is 0 Å². The first kappa shape index (κ1) is 29.3. The van der Waals surface area contributed by atoms with Crippen molar-refractivity contribution in [2.45, 2.75) is 49.5 Å². The quantitative estimate of drug-likeness (QED) is 0.256. The van der Waals surface area contributed by atoms with Crippen molar-refractivity contribution < 1.29 is 31.3 Å². The monoisotopic (exact) mass is 628 g/mol. The summed E-state index contributed by atoms with van der Waals surface area (Å²) in [6.45, 7) is 3.46. The highest BCUT2D eigenvalue weighted by Crippen LogP contribution is 2.43. The minimum absolute atomic E-state index is 0.0383. The normalized spacial score (nSPS) is 18.8. The number of anilines is 2. The summed E-state index contributed by atoms with van der Waals surface area (Å²) in [6.07, 6.45) is 5.99. The zero-order valence-corrected chi connectivity index (χ0v) is 24.8. The van der Waals surface area contributed by atoms with E-state index < -0.39 is 38.1 Å². The number of aromatic nitrogens is 2. The summed E-state index contributed by atoms with van der Waals surface area (Å²) in [5.41, 5.74) is 0.575. The van der Waals surface area contributed by atoms with Gasteiger partial charge in [0.15, 0.2) is 5.82 Å². The third-order valence-electron chi connectivity index (χ3n) is 7.78. The third kappa shape index (κ3) is 6.29. The van der Waals surface area contributed by atoms with Gasteiger partial charge in [0.2, 0.25) is 5.91 Å². The second-order valence-electron chi connectivity index (χ2n) is 10.9. The van der Waals surface area contributed by atoms with E-state index in [0.29, 0.717) is 34.1 Å². The highest BCUT2D eigenvalue weighted by atomic mass is 32.2. The zero-order chi connectivity index (χ0) is 30.3. The van der Waals surface area contributed by atoms with Crippen LogP contribution in [0.1, 0.15) is 43.5 Å². The Bertz CT molecular complexity index is 1800. The smallest absolute Gasteiger partial charge is 0.265 e. The van der Waals surface area contributed by atoms with Gasteiger partial charge in [0.1, 0.15) is 22.3 Å². The maximum atomic E-state index is 16.1. The fraction of sp³-hybridized carbons (Fsp3) is 0.300. The number of nitrogens with one attached hydrogen (secondary N) is 3. The van der Waals surface area contributed by atoms with Gasteiger partial charge < -0.3 is 10.2 Å². The molecule has 6 rings (SSSR count). The Morgan fingerprint density at radius 2 is 1.79 bits per heavy atom. The Hall–Kier alpha value is -3.81. The molecular formula is C30H29F3N5O3S2+. The van der Waals surface area contributed by atoms with Crippen LogP contribution < -0.4 is 14.9 Å². The average Bonchev–Trinajstić information content (AvgIpc) is 3.73. The van der Waals surface area contributed by atoms with Crippen molar-refractivity contribution in [1.29, 1.82) is 0 Å². The predicted octanol–water partition coefficient (Wildman–Crippen LogP) is 4.97. The Kier molecular flexibility index (Phi) is 7.96. The average molecular weight is 629 g/mol. The lowest BCUT2D eigenvalue weighted by Gasteiger charge is -2.28. The van der Waals surface area contributed by atoms with Gasteiger partial charge in [-0.25, -0.2) is 31.6 Å². The number of piperidine rings is 1. The number of halogens is 3. The van der Waals surface area contributed by atoms with E-state index in [9.17, 15) is 22.0 Å². The highest BCUT2D eigenvalue weighted by molar-refractivity contribution is 7.92. The van der Waals surface area contributed by atoms with Crippen molar-refractivity contribution in [3.8, 4) is 21.7 Å². The first-order chi connectivity index (χ1) is 20.6. The summed E-state index contributed by atoms with van der Waals surface area (Å²) in [7, 11) is -4.66. The molecule has 1 saturated heterocycles. The van der Waals surface area contributed by atoms with Crippen molar-refractivity contribution in [2.24, 2.45) is 0 Å². The maximum Gasteiger partial charge on any atom is 0.265 e. The van der Waals surface area contributed by atoms with E-state index in [2.05, 4.69) is 15.0 Å². The van der Waals surface area contributed by atoms with Crippen LogP contribution >= 0.6 is 11.3 Å². The van der Waals surface area contributed by atoms with Crippen LogP contribution in [-0.2, 0) is 14.8 Å². The van der Waals surface area contributed by atoms with Crippen LogP contribution in [0.3, 0.4) is 0 Å². The lowest BCUT2D eigenvalue weighted by molar-refractivity contribution is -0.916. The number of carbonyl (C=O) groups is 1. The van der Waals surface area contributed by atoms with Crippen molar-refractivity contribution in [1.82, 2.24) is 9.97 Å². The first-order valence-corrected chi connectivity index (χ1v) is 16.2. The molecule has 43 heavy (non-hydrogen) atoms. The molecule has 1 amide bonds. The number of quaternary nitrogens is 1. The molecule has 3 heterocycles. The summed E-state index contributed by atoms with van der Waals surface area (Å²) in [5, 5.41) is 3.51. The van der Waals surface area contributed by atoms with Gasteiger partial charge in [-0.1, -0.05) is 6.07 Å². The second kappa shape index (κ2) is 11.7. The lowest BCUT2D eigenvalue weighted by Crippen LogP contribution is -3.14. The van der Waals surface area contributed by atoms with E-state index in [0.717, 1.165) is 43.0 Å². The van der Waals surface area contributed by atoms with E-state index in [1.165, 1.54) is 55.5 Å². The molecule has 0 radical (unpaired) electrons. The topological polar surface area (TPSA) is 105 Å². The number of sulfonamides is 1. The van der Waals surface area contributed by atoms with Crippen LogP contribution in [0.15, 0.2) is 59.6 Å². The van der Waals surface area contributed by atoms with Gasteiger partial charge in [-0.15, -0.1) is 11.3 Å². The summed E-state index contributed by atoms with van der Waals surface area (Å²) < 4.78 is 72.1. The maximum absolute atomic E-state index is 16.1. The van der Waals surface area contributed by atoms with E-state index in [-0.39, 0.29) is 17.4 Å². The van der Waals surface area contributed by atoms with Crippen molar-refractivity contribution >= 4 is 38.8 Å². The molecule has 3 N–H and O–H groups in total. The van der Waals surface area contributed by atoms with Crippen LogP contribution in [0.25, 0.3) is 21.7 Å². The number of thiazole rings is 1. The van der Waals surface area contributed by atoms with Gasteiger partial charge in [0.25, 0.3) is 10.0 Å². The van der Waals surface area contributed by atoms with E-state index in [4.69, 9.17) is 4.98 Å². The van der Waals surface area contributed by atoms with Gasteiger partial charge in [-0.3, -0.25) is 9.52 Å². The van der Waals surface area contributed by atoms with Gasteiger partial charge in [0.05, 0.1) is 40.4 Å². The minimum atomic E-state index is -4.66. The molecule has 0 bridgehead atoms. The fourth-order valence-corrected chi connectivity index (χ4v) is 7.92. The SMILES string of the molecule is CC(=O)Nc1cc(-c2sc(C3CC[NH+](C4CC4)CC3)nc2-c2cccc(NS(=O)(=O)c3cc(F)ccc3F)c2F)ccn1. The summed E-state index contributed by atoms with van der Waals surface area (Å²) in [5.74, 6) is -2.80. The van der Waals surface area contributed by atoms with Crippen LogP contribution in [0, 0.1) is 17.5 Å². The number of benzene rings is 2. The molecule has 13 heteroatoms. The summed E-state index contributed by atoms with van der Waals surface area (Å²) in [6, 6.07) is 10.4. The standard InChI is InChI=1S/C30H28F3N5O3S2/c1-17(39)35-26-15-19(9-12-34-26)29-28(36-30(42-29)18-10-13-38(14-11-18)21-6-7-21)22-3-2-4-24(27(22)33)37-43(40,41)25-16-20(31)5-8-23(25)32/h2-5,8-9,12,15-16,18,21,37H,6-7,10-11,13-14H2,1H3,(H,34,35,39)/p+1. The van der Waals surface area contributed by atoms with Crippen LogP contribution in [-0.4, -0.2) is 43.4 Å². The van der Waals surface area contributed by atoms with Crippen LogP contribution in [0.2, 0.25) is 0 Å². The minimum Gasteiger partial charge on any atom is -0.332 e. The number of hydrogen-bond donors (Lipinski definition) is 3. The third-order valence-corrected chi connectivity index (χ3v) is 10.4. The molecule has 1 aliphatic carbocycles. The largest absolute Gasteiger partial charge is 0.332 e. The number of likely N-dealkylation sites (tertiary alicyclic amines) is 1.